The highest BCUT2D eigenvalue weighted by molar-refractivity contribution is 5.98. The van der Waals surface area contributed by atoms with Crippen LogP contribution in [0.5, 0.6) is 0 Å². The molecule has 1 aromatic carbocycles. The topological polar surface area (TPSA) is 89.0 Å². The Bertz CT molecular complexity index is 1270. The van der Waals surface area contributed by atoms with E-state index in [9.17, 15) is 9.59 Å². The number of methoxy groups -OCH3 is 1. The van der Waals surface area contributed by atoms with Crippen LogP contribution in [0.4, 0.5) is 0 Å². The van der Waals surface area contributed by atoms with Gasteiger partial charge in [0.2, 0.25) is 0 Å². The number of rotatable bonds is 7. The van der Waals surface area contributed by atoms with Gasteiger partial charge in [0.25, 0.3) is 11.5 Å². The largest absolute Gasteiger partial charge is 0.383 e. The van der Waals surface area contributed by atoms with Gasteiger partial charge in [0.05, 0.1) is 28.8 Å². The Balaban J connectivity index is 1.52. The van der Waals surface area contributed by atoms with E-state index in [1.807, 2.05) is 24.4 Å². The average Bonchev–Trinajstić information content (AvgIpc) is 3.16. The van der Waals surface area contributed by atoms with E-state index in [2.05, 4.69) is 21.4 Å². The summed E-state index contributed by atoms with van der Waals surface area (Å²) in [6.07, 6.45) is 4.39. The fourth-order valence-corrected chi connectivity index (χ4v) is 3.65. The first kappa shape index (κ1) is 19.8. The van der Waals surface area contributed by atoms with Crippen LogP contribution in [0.1, 0.15) is 21.6 Å². The number of nitrogens with one attached hydrogen (secondary N) is 2. The molecule has 0 bridgehead atoms. The third-order valence-corrected chi connectivity index (χ3v) is 5.28. The van der Waals surface area contributed by atoms with Crippen LogP contribution in [-0.4, -0.2) is 40.7 Å². The Morgan fingerprint density at radius 3 is 2.90 bits per heavy atom. The van der Waals surface area contributed by atoms with Gasteiger partial charge in [0, 0.05) is 43.5 Å². The van der Waals surface area contributed by atoms with Crippen molar-refractivity contribution in [2.24, 2.45) is 0 Å². The normalized spacial score (nSPS) is 11.3. The Labute approximate surface area is 173 Å². The van der Waals surface area contributed by atoms with Gasteiger partial charge in [-0.1, -0.05) is 18.2 Å². The van der Waals surface area contributed by atoms with Crippen molar-refractivity contribution in [2.45, 2.75) is 19.9 Å². The van der Waals surface area contributed by atoms with E-state index in [1.54, 1.807) is 36.9 Å². The Hall–Kier alpha value is -3.45. The maximum Gasteiger partial charge on any atom is 0.260 e. The fourth-order valence-electron chi connectivity index (χ4n) is 3.65. The molecule has 7 nitrogen and oxygen atoms in total. The van der Waals surface area contributed by atoms with Crippen LogP contribution >= 0.6 is 0 Å². The smallest absolute Gasteiger partial charge is 0.260 e. The summed E-state index contributed by atoms with van der Waals surface area (Å²) in [5, 5.41) is 4.54. The van der Waals surface area contributed by atoms with Crippen molar-refractivity contribution in [3.63, 3.8) is 0 Å². The SMILES string of the molecule is COCCn1ccc2nc(C)c(C(=O)NCCc3c[nH]c4ccccc34)cc2c1=O. The van der Waals surface area contributed by atoms with Gasteiger partial charge in [-0.15, -0.1) is 0 Å². The van der Waals surface area contributed by atoms with E-state index in [1.165, 1.54) is 0 Å². The monoisotopic (exact) mass is 404 g/mol. The van der Waals surface area contributed by atoms with Crippen LogP contribution in [0.15, 0.2) is 53.6 Å². The second-order valence-corrected chi connectivity index (χ2v) is 7.23. The van der Waals surface area contributed by atoms with Crippen molar-refractivity contribution in [1.82, 2.24) is 19.9 Å². The number of aromatic nitrogens is 3. The van der Waals surface area contributed by atoms with Crippen molar-refractivity contribution < 1.29 is 9.53 Å². The van der Waals surface area contributed by atoms with E-state index in [4.69, 9.17) is 4.74 Å². The number of fused-ring (bicyclic) bond motifs is 2. The average molecular weight is 404 g/mol. The number of hydrogen-bond acceptors (Lipinski definition) is 4. The lowest BCUT2D eigenvalue weighted by atomic mass is 10.1. The summed E-state index contributed by atoms with van der Waals surface area (Å²) in [6.45, 7) is 3.16. The molecule has 7 heteroatoms. The van der Waals surface area contributed by atoms with Crippen LogP contribution in [0, 0.1) is 6.92 Å². The summed E-state index contributed by atoms with van der Waals surface area (Å²) >= 11 is 0. The molecule has 3 aromatic heterocycles. The molecule has 3 heterocycles. The second kappa shape index (κ2) is 8.51. The highest BCUT2D eigenvalue weighted by Gasteiger charge is 2.14. The summed E-state index contributed by atoms with van der Waals surface area (Å²) in [5.41, 5.74) is 3.66. The first-order valence-corrected chi connectivity index (χ1v) is 9.91. The lowest BCUT2D eigenvalue weighted by Crippen LogP contribution is -2.27. The number of hydrogen-bond donors (Lipinski definition) is 2. The predicted molar refractivity (Wildman–Crippen MR) is 117 cm³/mol. The van der Waals surface area contributed by atoms with Crippen molar-refractivity contribution >= 4 is 27.7 Å². The zero-order chi connectivity index (χ0) is 21.1. The maximum absolute atomic E-state index is 12.8. The molecule has 0 saturated heterocycles. The maximum atomic E-state index is 12.8. The van der Waals surface area contributed by atoms with Gasteiger partial charge < -0.3 is 19.6 Å². The number of amides is 1. The van der Waals surface area contributed by atoms with E-state index >= 15 is 0 Å². The fraction of sp³-hybridized carbons (Fsp3) is 0.261. The summed E-state index contributed by atoms with van der Waals surface area (Å²) in [7, 11) is 1.59. The summed E-state index contributed by atoms with van der Waals surface area (Å²) in [5.74, 6) is -0.228. The van der Waals surface area contributed by atoms with Crippen LogP contribution in [0.2, 0.25) is 0 Å². The van der Waals surface area contributed by atoms with Gasteiger partial charge in [-0.05, 0) is 37.1 Å². The van der Waals surface area contributed by atoms with Crippen LogP contribution < -0.4 is 10.9 Å². The van der Waals surface area contributed by atoms with Crippen molar-refractivity contribution in [2.75, 3.05) is 20.3 Å². The number of H-pyrrole nitrogens is 1. The minimum Gasteiger partial charge on any atom is -0.383 e. The summed E-state index contributed by atoms with van der Waals surface area (Å²) in [6, 6.07) is 11.5. The quantitative estimate of drug-likeness (QED) is 0.496. The van der Waals surface area contributed by atoms with Gasteiger partial charge in [0.1, 0.15) is 0 Å². The Morgan fingerprint density at radius 2 is 2.07 bits per heavy atom. The molecule has 0 unspecified atom stereocenters. The lowest BCUT2D eigenvalue weighted by Gasteiger charge is -2.10. The zero-order valence-corrected chi connectivity index (χ0v) is 17.1. The van der Waals surface area contributed by atoms with Crippen LogP contribution in [0.25, 0.3) is 21.8 Å². The molecule has 0 saturated carbocycles. The minimum atomic E-state index is -0.228. The third-order valence-electron chi connectivity index (χ3n) is 5.28. The molecule has 4 rings (SSSR count). The van der Waals surface area contributed by atoms with E-state index in [0.717, 1.165) is 16.5 Å². The first-order chi connectivity index (χ1) is 14.6. The Morgan fingerprint density at radius 1 is 1.23 bits per heavy atom. The zero-order valence-electron chi connectivity index (χ0n) is 17.1. The van der Waals surface area contributed by atoms with Gasteiger partial charge in [-0.3, -0.25) is 14.6 Å². The predicted octanol–water partition coefficient (Wildman–Crippen LogP) is 2.81. The number of benzene rings is 1. The molecule has 0 atom stereocenters. The minimum absolute atomic E-state index is 0.176. The van der Waals surface area contributed by atoms with Crippen molar-refractivity contribution in [3.8, 4) is 0 Å². The molecule has 0 fully saturated rings. The second-order valence-electron chi connectivity index (χ2n) is 7.23. The molecule has 2 N–H and O–H groups in total. The third kappa shape index (κ3) is 3.84. The van der Waals surface area contributed by atoms with Crippen molar-refractivity contribution in [1.29, 1.82) is 0 Å². The number of para-hydroxylation sites is 1. The highest BCUT2D eigenvalue weighted by atomic mass is 16.5. The molecular weight excluding hydrogens is 380 g/mol. The number of aromatic amines is 1. The van der Waals surface area contributed by atoms with Gasteiger partial charge >= 0.3 is 0 Å². The number of carbonyl (C=O) groups is 1. The van der Waals surface area contributed by atoms with E-state index in [0.29, 0.717) is 48.3 Å². The van der Waals surface area contributed by atoms with E-state index in [-0.39, 0.29) is 11.5 Å². The molecule has 0 aliphatic heterocycles. The molecular formula is C23H24N4O3. The van der Waals surface area contributed by atoms with Gasteiger partial charge in [-0.25, -0.2) is 0 Å². The van der Waals surface area contributed by atoms with Crippen molar-refractivity contribution in [3.05, 3.63) is 76.0 Å². The Kier molecular flexibility index (Phi) is 5.63. The first-order valence-electron chi connectivity index (χ1n) is 9.91. The molecule has 154 valence electrons. The molecule has 4 aromatic rings. The van der Waals surface area contributed by atoms with Crippen LogP contribution in [-0.2, 0) is 17.7 Å². The molecule has 30 heavy (non-hydrogen) atoms. The van der Waals surface area contributed by atoms with Crippen LogP contribution in [0.3, 0.4) is 0 Å². The van der Waals surface area contributed by atoms with Gasteiger partial charge in [-0.2, -0.15) is 0 Å². The molecule has 0 aliphatic rings. The highest BCUT2D eigenvalue weighted by Crippen LogP contribution is 2.18. The molecule has 1 amide bonds. The number of aryl methyl sites for hydroxylation is 1. The standard InChI is InChI=1S/C23H24N4O3/c1-15-18(13-19-21(26-15)8-10-27(23(19)29)11-12-30-2)22(28)24-9-7-16-14-25-20-6-4-3-5-17(16)20/h3-6,8,10,13-14,25H,7,9,11-12H2,1-2H3,(H,24,28). The van der Waals surface area contributed by atoms with E-state index < -0.39 is 0 Å². The molecule has 0 spiro atoms. The van der Waals surface area contributed by atoms with Gasteiger partial charge in [0.15, 0.2) is 0 Å². The molecule has 0 radical (unpaired) electrons. The lowest BCUT2D eigenvalue weighted by molar-refractivity contribution is 0.0953. The number of pyridine rings is 2. The number of ether oxygens (including phenoxy) is 1. The summed E-state index contributed by atoms with van der Waals surface area (Å²) in [4.78, 5) is 33.2. The molecule has 0 aliphatic carbocycles. The summed E-state index contributed by atoms with van der Waals surface area (Å²) < 4.78 is 6.62. The number of nitrogens with zero attached hydrogens (tertiary/aromatic N) is 2. The number of carbonyl (C=O) groups excluding carboxylic acids is 1.